The fourth-order valence-corrected chi connectivity index (χ4v) is 2.02. The summed E-state index contributed by atoms with van der Waals surface area (Å²) in [5, 5.41) is 1.88. The minimum absolute atomic E-state index is 0.279. The lowest BCUT2D eigenvalue weighted by Gasteiger charge is -2.06. The predicted octanol–water partition coefficient (Wildman–Crippen LogP) is 2.21. The lowest BCUT2D eigenvalue weighted by molar-refractivity contribution is 0.0955. The standard InChI is InChI=1S/C11H9BrN2O/c12-10-6-5-9(11(15)14-13)7-3-1-2-4-8(7)10/h1-6H,13H2,(H,14,15). The van der Waals surface area contributed by atoms with Gasteiger partial charge in [-0.1, -0.05) is 40.2 Å². The van der Waals surface area contributed by atoms with Crippen molar-refractivity contribution in [3.63, 3.8) is 0 Å². The molecular formula is C11H9BrN2O. The summed E-state index contributed by atoms with van der Waals surface area (Å²) in [7, 11) is 0. The summed E-state index contributed by atoms with van der Waals surface area (Å²) < 4.78 is 0.965. The second-order valence-corrected chi connectivity index (χ2v) is 3.97. The molecule has 2 aromatic carbocycles. The number of nitrogens with one attached hydrogen (secondary N) is 1. The first-order valence-electron chi connectivity index (χ1n) is 4.42. The first-order chi connectivity index (χ1) is 7.24. The molecule has 0 aliphatic rings. The molecule has 76 valence electrons. The van der Waals surface area contributed by atoms with E-state index in [9.17, 15) is 4.79 Å². The number of benzene rings is 2. The highest BCUT2D eigenvalue weighted by Crippen LogP contribution is 2.26. The summed E-state index contributed by atoms with van der Waals surface area (Å²) in [5.74, 6) is 4.84. The Balaban J connectivity index is 2.77. The topological polar surface area (TPSA) is 55.1 Å². The molecular weight excluding hydrogens is 256 g/mol. The first kappa shape index (κ1) is 10.1. The van der Waals surface area contributed by atoms with Crippen LogP contribution in [-0.4, -0.2) is 5.91 Å². The van der Waals surface area contributed by atoms with Crippen molar-refractivity contribution >= 4 is 32.6 Å². The molecule has 3 nitrogen and oxygen atoms in total. The zero-order valence-corrected chi connectivity index (χ0v) is 9.41. The number of hydrogen-bond acceptors (Lipinski definition) is 2. The van der Waals surface area contributed by atoms with Gasteiger partial charge in [-0.3, -0.25) is 10.2 Å². The molecule has 1 amide bonds. The predicted molar refractivity (Wildman–Crippen MR) is 63.3 cm³/mol. The van der Waals surface area contributed by atoms with Crippen molar-refractivity contribution in [1.29, 1.82) is 0 Å². The minimum atomic E-state index is -0.279. The SMILES string of the molecule is NNC(=O)c1ccc(Br)c2ccccc12. The molecule has 0 spiro atoms. The van der Waals surface area contributed by atoms with E-state index in [-0.39, 0.29) is 5.91 Å². The van der Waals surface area contributed by atoms with Crippen LogP contribution < -0.4 is 11.3 Å². The van der Waals surface area contributed by atoms with Crippen LogP contribution in [0.3, 0.4) is 0 Å². The summed E-state index contributed by atoms with van der Waals surface area (Å²) in [5.41, 5.74) is 2.72. The van der Waals surface area contributed by atoms with Crippen LogP contribution >= 0.6 is 15.9 Å². The highest BCUT2D eigenvalue weighted by atomic mass is 79.9. The summed E-state index contributed by atoms with van der Waals surface area (Å²) >= 11 is 3.44. The summed E-state index contributed by atoms with van der Waals surface area (Å²) in [6.45, 7) is 0. The van der Waals surface area contributed by atoms with Crippen LogP contribution in [0.4, 0.5) is 0 Å². The highest BCUT2D eigenvalue weighted by molar-refractivity contribution is 9.10. The number of fused-ring (bicyclic) bond motifs is 1. The molecule has 0 bridgehead atoms. The number of halogens is 1. The van der Waals surface area contributed by atoms with Gasteiger partial charge in [0.25, 0.3) is 5.91 Å². The van der Waals surface area contributed by atoms with E-state index in [2.05, 4.69) is 21.4 Å². The van der Waals surface area contributed by atoms with Gasteiger partial charge in [-0.05, 0) is 22.9 Å². The molecule has 0 fully saturated rings. The second-order valence-electron chi connectivity index (χ2n) is 3.11. The van der Waals surface area contributed by atoms with Gasteiger partial charge in [0, 0.05) is 10.0 Å². The van der Waals surface area contributed by atoms with E-state index < -0.39 is 0 Å². The first-order valence-corrected chi connectivity index (χ1v) is 5.21. The van der Waals surface area contributed by atoms with E-state index in [1.54, 1.807) is 6.07 Å². The summed E-state index contributed by atoms with van der Waals surface area (Å²) in [6, 6.07) is 11.2. The number of hydrogen-bond donors (Lipinski definition) is 2. The molecule has 0 aromatic heterocycles. The third kappa shape index (κ3) is 1.73. The number of carbonyl (C=O) groups is 1. The van der Waals surface area contributed by atoms with Crippen LogP contribution in [0.2, 0.25) is 0 Å². The van der Waals surface area contributed by atoms with Gasteiger partial charge in [-0.25, -0.2) is 5.84 Å². The average Bonchev–Trinajstić information content (AvgIpc) is 2.29. The number of nitrogen functional groups attached to an aromatic ring is 1. The van der Waals surface area contributed by atoms with Crippen molar-refractivity contribution in [2.24, 2.45) is 5.84 Å². The molecule has 0 saturated heterocycles. The Hall–Kier alpha value is -1.39. The molecule has 3 N–H and O–H groups in total. The van der Waals surface area contributed by atoms with Crippen molar-refractivity contribution in [1.82, 2.24) is 5.43 Å². The van der Waals surface area contributed by atoms with E-state index in [1.807, 2.05) is 30.3 Å². The zero-order valence-electron chi connectivity index (χ0n) is 7.83. The Kier molecular flexibility index (Phi) is 2.70. The average molecular weight is 265 g/mol. The van der Waals surface area contributed by atoms with E-state index in [0.717, 1.165) is 15.2 Å². The zero-order chi connectivity index (χ0) is 10.8. The van der Waals surface area contributed by atoms with Crippen LogP contribution in [0.5, 0.6) is 0 Å². The van der Waals surface area contributed by atoms with Crippen LogP contribution in [0.25, 0.3) is 10.8 Å². The molecule has 0 unspecified atom stereocenters. The number of carbonyl (C=O) groups excluding carboxylic acids is 1. The maximum Gasteiger partial charge on any atom is 0.265 e. The number of hydrazine groups is 1. The molecule has 0 heterocycles. The maximum atomic E-state index is 11.5. The van der Waals surface area contributed by atoms with Crippen molar-refractivity contribution in [2.45, 2.75) is 0 Å². The van der Waals surface area contributed by atoms with Crippen LogP contribution in [0.1, 0.15) is 10.4 Å². The Morgan fingerprint density at radius 1 is 1.13 bits per heavy atom. The lowest BCUT2D eigenvalue weighted by atomic mass is 10.0. The fraction of sp³-hybridized carbons (Fsp3) is 0. The Bertz CT molecular complexity index is 525. The van der Waals surface area contributed by atoms with Crippen LogP contribution in [-0.2, 0) is 0 Å². The number of rotatable bonds is 1. The third-order valence-corrected chi connectivity index (χ3v) is 2.94. The fourth-order valence-electron chi connectivity index (χ4n) is 1.54. The molecule has 0 atom stereocenters. The van der Waals surface area contributed by atoms with Gasteiger partial charge in [-0.2, -0.15) is 0 Å². The third-order valence-electron chi connectivity index (χ3n) is 2.25. The molecule has 0 aliphatic heterocycles. The normalized spacial score (nSPS) is 10.3. The maximum absolute atomic E-state index is 11.5. The van der Waals surface area contributed by atoms with Gasteiger partial charge < -0.3 is 0 Å². The van der Waals surface area contributed by atoms with Gasteiger partial charge in [0.15, 0.2) is 0 Å². The number of nitrogens with two attached hydrogens (primary N) is 1. The molecule has 0 radical (unpaired) electrons. The summed E-state index contributed by atoms with van der Waals surface area (Å²) in [4.78, 5) is 11.5. The smallest absolute Gasteiger partial charge is 0.265 e. The Morgan fingerprint density at radius 2 is 1.80 bits per heavy atom. The van der Waals surface area contributed by atoms with Crippen molar-refractivity contribution in [3.05, 3.63) is 46.4 Å². The molecule has 15 heavy (non-hydrogen) atoms. The van der Waals surface area contributed by atoms with Gasteiger partial charge in [-0.15, -0.1) is 0 Å². The monoisotopic (exact) mass is 264 g/mol. The van der Waals surface area contributed by atoms with Crippen molar-refractivity contribution < 1.29 is 4.79 Å². The van der Waals surface area contributed by atoms with Crippen molar-refractivity contribution in [3.8, 4) is 0 Å². The summed E-state index contributed by atoms with van der Waals surface area (Å²) in [6.07, 6.45) is 0. The lowest BCUT2D eigenvalue weighted by Crippen LogP contribution is -2.30. The molecule has 0 aliphatic carbocycles. The molecule has 2 aromatic rings. The van der Waals surface area contributed by atoms with Crippen LogP contribution in [0, 0.1) is 0 Å². The van der Waals surface area contributed by atoms with Gasteiger partial charge in [0.05, 0.1) is 0 Å². The van der Waals surface area contributed by atoms with E-state index in [4.69, 9.17) is 5.84 Å². The van der Waals surface area contributed by atoms with E-state index >= 15 is 0 Å². The largest absolute Gasteiger partial charge is 0.290 e. The second kappa shape index (κ2) is 4.00. The van der Waals surface area contributed by atoms with Gasteiger partial charge in [0.1, 0.15) is 0 Å². The van der Waals surface area contributed by atoms with E-state index in [0.29, 0.717) is 5.56 Å². The van der Waals surface area contributed by atoms with Crippen LogP contribution in [0.15, 0.2) is 40.9 Å². The van der Waals surface area contributed by atoms with Gasteiger partial charge in [0.2, 0.25) is 0 Å². The minimum Gasteiger partial charge on any atom is -0.290 e. The van der Waals surface area contributed by atoms with Crippen molar-refractivity contribution in [2.75, 3.05) is 0 Å². The number of amides is 1. The van der Waals surface area contributed by atoms with Gasteiger partial charge >= 0.3 is 0 Å². The highest BCUT2D eigenvalue weighted by Gasteiger charge is 2.09. The molecule has 0 saturated carbocycles. The quantitative estimate of drug-likeness (QED) is 0.472. The van der Waals surface area contributed by atoms with E-state index in [1.165, 1.54) is 0 Å². The molecule has 2 rings (SSSR count). The molecule has 4 heteroatoms. The Labute approximate surface area is 95.4 Å². The Morgan fingerprint density at radius 3 is 2.47 bits per heavy atom.